The van der Waals surface area contributed by atoms with Crippen LogP contribution in [0.2, 0.25) is 15.2 Å². The molecule has 6 heteroatoms. The summed E-state index contributed by atoms with van der Waals surface area (Å²) in [5, 5.41) is 4.27. The number of hydrogen-bond acceptors (Lipinski definition) is 3. The van der Waals surface area contributed by atoms with E-state index in [1.54, 1.807) is 30.3 Å². The second-order valence-electron chi connectivity index (χ2n) is 3.29. The van der Waals surface area contributed by atoms with Crippen LogP contribution < -0.4 is 11.1 Å². The lowest BCUT2D eigenvalue weighted by atomic mass is 10.3. The van der Waals surface area contributed by atoms with Gasteiger partial charge in [-0.15, -0.1) is 0 Å². The molecule has 88 valence electrons. The van der Waals surface area contributed by atoms with Gasteiger partial charge in [0.05, 0.1) is 21.4 Å². The summed E-state index contributed by atoms with van der Waals surface area (Å²) in [7, 11) is 0. The van der Waals surface area contributed by atoms with Crippen molar-refractivity contribution in [3.05, 3.63) is 45.5 Å². The number of rotatable bonds is 2. The molecule has 0 spiro atoms. The predicted molar refractivity (Wildman–Crippen MR) is 73.4 cm³/mol. The number of benzene rings is 1. The number of halogens is 3. The first-order chi connectivity index (χ1) is 8.08. The molecule has 0 saturated carbocycles. The summed E-state index contributed by atoms with van der Waals surface area (Å²) in [6.07, 6.45) is 0. The number of nitrogens with zero attached hydrogens (tertiary/aromatic N) is 1. The van der Waals surface area contributed by atoms with Crippen LogP contribution in [0.5, 0.6) is 0 Å². The lowest BCUT2D eigenvalue weighted by Crippen LogP contribution is -2.00. The highest BCUT2D eigenvalue weighted by Gasteiger charge is 2.08. The molecule has 0 amide bonds. The smallest absolute Gasteiger partial charge is 0.155 e. The molecule has 0 aliphatic carbocycles. The van der Waals surface area contributed by atoms with E-state index in [4.69, 9.17) is 40.5 Å². The van der Waals surface area contributed by atoms with Crippen LogP contribution in [-0.4, -0.2) is 4.98 Å². The van der Waals surface area contributed by atoms with Gasteiger partial charge in [0.1, 0.15) is 5.15 Å². The molecule has 0 unspecified atom stereocenters. The Morgan fingerprint density at radius 2 is 1.65 bits per heavy atom. The molecule has 0 fully saturated rings. The minimum Gasteiger partial charge on any atom is -0.396 e. The van der Waals surface area contributed by atoms with E-state index in [0.29, 0.717) is 32.4 Å². The number of pyridine rings is 1. The maximum Gasteiger partial charge on any atom is 0.155 e. The monoisotopic (exact) mass is 287 g/mol. The Labute approximate surface area is 114 Å². The first-order valence-electron chi connectivity index (χ1n) is 4.71. The van der Waals surface area contributed by atoms with Crippen molar-refractivity contribution in [3.8, 4) is 0 Å². The van der Waals surface area contributed by atoms with Crippen molar-refractivity contribution in [1.82, 2.24) is 4.98 Å². The van der Waals surface area contributed by atoms with Gasteiger partial charge < -0.3 is 11.1 Å². The fourth-order valence-electron chi connectivity index (χ4n) is 1.28. The fourth-order valence-corrected chi connectivity index (χ4v) is 1.92. The predicted octanol–water partition coefficient (Wildman–Crippen LogP) is 4.37. The molecule has 0 aliphatic heterocycles. The van der Waals surface area contributed by atoms with Gasteiger partial charge in [-0.05, 0) is 24.3 Å². The maximum atomic E-state index is 6.02. The van der Waals surface area contributed by atoms with Crippen molar-refractivity contribution in [3.63, 3.8) is 0 Å². The molecule has 1 heterocycles. The summed E-state index contributed by atoms with van der Waals surface area (Å²) in [6, 6.07) is 8.45. The highest BCUT2D eigenvalue weighted by Crippen LogP contribution is 2.33. The molecular formula is C11H8Cl3N3. The van der Waals surface area contributed by atoms with Crippen LogP contribution in [0.25, 0.3) is 0 Å². The standard InChI is InChI=1S/C11H8Cl3N3/c12-6-2-1-3-7(13)10(6)17-11-8(15)4-5-9(14)16-11/h1-5H,15H2,(H,16,17). The van der Waals surface area contributed by atoms with Gasteiger partial charge in [0, 0.05) is 0 Å². The third-order valence-corrected chi connectivity index (χ3v) is 2.94. The van der Waals surface area contributed by atoms with E-state index in [0.717, 1.165) is 0 Å². The summed E-state index contributed by atoms with van der Waals surface area (Å²) in [4.78, 5) is 4.06. The SMILES string of the molecule is Nc1ccc(Cl)nc1Nc1c(Cl)cccc1Cl. The number of aromatic nitrogens is 1. The van der Waals surface area contributed by atoms with Crippen LogP contribution in [0.4, 0.5) is 17.2 Å². The van der Waals surface area contributed by atoms with Crippen molar-refractivity contribution in [2.45, 2.75) is 0 Å². The quantitative estimate of drug-likeness (QED) is 0.807. The zero-order valence-corrected chi connectivity index (χ0v) is 10.8. The molecule has 0 bridgehead atoms. The van der Waals surface area contributed by atoms with Crippen LogP contribution in [0.15, 0.2) is 30.3 Å². The lowest BCUT2D eigenvalue weighted by Gasteiger charge is -2.11. The summed E-state index contributed by atoms with van der Waals surface area (Å²) in [5.41, 5.74) is 6.78. The average molecular weight is 289 g/mol. The zero-order valence-electron chi connectivity index (χ0n) is 8.55. The van der Waals surface area contributed by atoms with Crippen LogP contribution in [-0.2, 0) is 0 Å². The Bertz CT molecular complexity index is 537. The van der Waals surface area contributed by atoms with Gasteiger partial charge in [-0.3, -0.25) is 0 Å². The fraction of sp³-hybridized carbons (Fsp3) is 0. The summed E-state index contributed by atoms with van der Waals surface area (Å²) in [6.45, 7) is 0. The van der Waals surface area contributed by atoms with Crippen LogP contribution in [0, 0.1) is 0 Å². The summed E-state index contributed by atoms with van der Waals surface area (Å²) in [5.74, 6) is 0.424. The molecule has 2 rings (SSSR count). The molecule has 0 saturated heterocycles. The zero-order chi connectivity index (χ0) is 12.4. The number of hydrogen-bond donors (Lipinski definition) is 2. The molecule has 2 aromatic rings. The maximum absolute atomic E-state index is 6.02. The van der Waals surface area contributed by atoms with Crippen molar-refractivity contribution >= 4 is 52.0 Å². The molecule has 3 nitrogen and oxygen atoms in total. The van der Waals surface area contributed by atoms with Crippen molar-refractivity contribution in [2.24, 2.45) is 0 Å². The highest BCUT2D eigenvalue weighted by molar-refractivity contribution is 6.39. The topological polar surface area (TPSA) is 50.9 Å². The Hall–Kier alpha value is -1.16. The minimum absolute atomic E-state index is 0.338. The van der Waals surface area contributed by atoms with E-state index in [2.05, 4.69) is 10.3 Å². The number of nitrogens with two attached hydrogens (primary N) is 1. The molecule has 1 aromatic carbocycles. The molecule has 3 N–H and O–H groups in total. The van der Waals surface area contributed by atoms with Crippen LogP contribution >= 0.6 is 34.8 Å². The van der Waals surface area contributed by atoms with Gasteiger partial charge in [0.2, 0.25) is 0 Å². The van der Waals surface area contributed by atoms with Crippen LogP contribution in [0.3, 0.4) is 0 Å². The van der Waals surface area contributed by atoms with Crippen molar-refractivity contribution in [2.75, 3.05) is 11.1 Å². The van der Waals surface area contributed by atoms with Crippen molar-refractivity contribution < 1.29 is 0 Å². The molecular weight excluding hydrogens is 281 g/mol. The Morgan fingerprint density at radius 1 is 1.00 bits per heavy atom. The minimum atomic E-state index is 0.338. The van der Waals surface area contributed by atoms with E-state index in [9.17, 15) is 0 Å². The average Bonchev–Trinajstić information content (AvgIpc) is 2.28. The number of nitrogens with one attached hydrogen (secondary N) is 1. The Morgan fingerprint density at radius 3 is 2.29 bits per heavy atom. The Balaban J connectivity index is 2.41. The van der Waals surface area contributed by atoms with E-state index in [-0.39, 0.29) is 0 Å². The van der Waals surface area contributed by atoms with Crippen LogP contribution in [0.1, 0.15) is 0 Å². The molecule has 0 atom stereocenters. The summed E-state index contributed by atoms with van der Waals surface area (Å²) < 4.78 is 0. The van der Waals surface area contributed by atoms with E-state index < -0.39 is 0 Å². The van der Waals surface area contributed by atoms with Gasteiger partial charge in [0.25, 0.3) is 0 Å². The van der Waals surface area contributed by atoms with E-state index >= 15 is 0 Å². The first-order valence-corrected chi connectivity index (χ1v) is 5.84. The third-order valence-electron chi connectivity index (χ3n) is 2.10. The van der Waals surface area contributed by atoms with Gasteiger partial charge in [-0.1, -0.05) is 40.9 Å². The third kappa shape index (κ3) is 2.75. The second kappa shape index (κ2) is 5.00. The lowest BCUT2D eigenvalue weighted by molar-refractivity contribution is 1.31. The van der Waals surface area contributed by atoms with Gasteiger partial charge >= 0.3 is 0 Å². The van der Waals surface area contributed by atoms with Gasteiger partial charge in [-0.2, -0.15) is 0 Å². The number of anilines is 3. The molecule has 17 heavy (non-hydrogen) atoms. The largest absolute Gasteiger partial charge is 0.396 e. The molecule has 1 aromatic heterocycles. The Kier molecular flexibility index (Phi) is 3.62. The second-order valence-corrected chi connectivity index (χ2v) is 4.50. The van der Waals surface area contributed by atoms with Gasteiger partial charge in [-0.25, -0.2) is 4.98 Å². The van der Waals surface area contributed by atoms with E-state index in [1.165, 1.54) is 0 Å². The summed E-state index contributed by atoms with van der Waals surface area (Å²) >= 11 is 17.8. The number of nitrogen functional groups attached to an aromatic ring is 1. The highest BCUT2D eigenvalue weighted by atomic mass is 35.5. The van der Waals surface area contributed by atoms with Crippen molar-refractivity contribution in [1.29, 1.82) is 0 Å². The molecule has 0 aliphatic rings. The van der Waals surface area contributed by atoms with E-state index in [1.807, 2.05) is 0 Å². The van der Waals surface area contributed by atoms with Gasteiger partial charge in [0.15, 0.2) is 5.82 Å². The molecule has 0 radical (unpaired) electrons. The normalized spacial score (nSPS) is 10.3. The number of para-hydroxylation sites is 1. The first kappa shape index (κ1) is 12.3.